The Hall–Kier alpha value is -0.810. The molecule has 0 fully saturated rings. The predicted octanol–water partition coefficient (Wildman–Crippen LogP) is 3.56. The van der Waals surface area contributed by atoms with Crippen LogP contribution in [-0.2, 0) is 5.41 Å². The minimum absolute atomic E-state index is 0.407. The zero-order chi connectivity index (χ0) is 10.1. The molecule has 0 radical (unpaired) electrons. The first-order valence-corrected chi connectivity index (χ1v) is 4.94. The predicted molar refractivity (Wildman–Crippen MR) is 57.5 cm³/mol. The van der Waals surface area contributed by atoms with Gasteiger partial charge in [-0.2, -0.15) is 5.26 Å². The molecule has 1 aromatic carbocycles. The van der Waals surface area contributed by atoms with E-state index in [1.165, 1.54) is 5.56 Å². The number of rotatable bonds is 1. The number of aryl methyl sites for hydroxylation is 1. The van der Waals surface area contributed by atoms with Gasteiger partial charge < -0.3 is 0 Å². The second-order valence-corrected chi connectivity index (χ2v) is 4.56. The van der Waals surface area contributed by atoms with Crippen molar-refractivity contribution in [2.24, 2.45) is 0 Å². The Labute approximate surface area is 87.5 Å². The van der Waals surface area contributed by atoms with Gasteiger partial charge in [0, 0.05) is 4.47 Å². The van der Waals surface area contributed by atoms with E-state index in [1.807, 2.05) is 39.0 Å². The van der Waals surface area contributed by atoms with Crippen molar-refractivity contribution in [1.29, 1.82) is 5.26 Å². The van der Waals surface area contributed by atoms with Crippen LogP contribution in [0.25, 0.3) is 0 Å². The van der Waals surface area contributed by atoms with E-state index in [9.17, 15) is 0 Å². The molecule has 0 N–H and O–H groups in total. The van der Waals surface area contributed by atoms with Crippen LogP contribution in [-0.4, -0.2) is 0 Å². The molecule has 1 aromatic rings. The maximum absolute atomic E-state index is 8.94. The highest BCUT2D eigenvalue weighted by Crippen LogP contribution is 2.26. The van der Waals surface area contributed by atoms with E-state index in [4.69, 9.17) is 5.26 Å². The molecule has 0 heterocycles. The SMILES string of the molecule is Cc1ccc(C(C)(C)C#N)cc1Br. The lowest BCUT2D eigenvalue weighted by Crippen LogP contribution is -2.13. The third-order valence-corrected chi connectivity index (χ3v) is 3.03. The van der Waals surface area contributed by atoms with Crippen LogP contribution in [0.4, 0.5) is 0 Å². The summed E-state index contributed by atoms with van der Waals surface area (Å²) in [7, 11) is 0. The first kappa shape index (κ1) is 10.3. The highest BCUT2D eigenvalue weighted by atomic mass is 79.9. The lowest BCUT2D eigenvalue weighted by atomic mass is 9.86. The molecule has 13 heavy (non-hydrogen) atoms. The van der Waals surface area contributed by atoms with Crippen molar-refractivity contribution in [3.05, 3.63) is 33.8 Å². The summed E-state index contributed by atoms with van der Waals surface area (Å²) in [5, 5.41) is 8.94. The van der Waals surface area contributed by atoms with Crippen molar-refractivity contribution in [3.8, 4) is 6.07 Å². The van der Waals surface area contributed by atoms with Gasteiger partial charge in [0.2, 0.25) is 0 Å². The van der Waals surface area contributed by atoms with Gasteiger partial charge in [0.15, 0.2) is 0 Å². The number of hydrogen-bond donors (Lipinski definition) is 0. The summed E-state index contributed by atoms with van der Waals surface area (Å²) in [6, 6.07) is 8.33. The lowest BCUT2D eigenvalue weighted by Gasteiger charge is -2.16. The standard InChI is InChI=1S/C11H12BrN/c1-8-4-5-9(6-10(8)12)11(2,3)7-13/h4-6H,1-3H3. The third-order valence-electron chi connectivity index (χ3n) is 2.17. The van der Waals surface area contributed by atoms with Crippen LogP contribution < -0.4 is 0 Å². The van der Waals surface area contributed by atoms with E-state index in [0.717, 1.165) is 10.0 Å². The van der Waals surface area contributed by atoms with Crippen molar-refractivity contribution in [2.45, 2.75) is 26.2 Å². The second kappa shape index (κ2) is 3.51. The van der Waals surface area contributed by atoms with Crippen LogP contribution in [0.3, 0.4) is 0 Å². The Balaban J connectivity index is 3.20. The second-order valence-electron chi connectivity index (χ2n) is 3.70. The van der Waals surface area contributed by atoms with Gasteiger partial charge in [-0.05, 0) is 38.0 Å². The van der Waals surface area contributed by atoms with Gasteiger partial charge in [0.05, 0.1) is 11.5 Å². The minimum Gasteiger partial charge on any atom is -0.197 e. The quantitative estimate of drug-likeness (QED) is 0.733. The smallest absolute Gasteiger partial charge is 0.0766 e. The molecule has 0 atom stereocenters. The summed E-state index contributed by atoms with van der Waals surface area (Å²) < 4.78 is 1.06. The minimum atomic E-state index is -0.407. The number of hydrogen-bond acceptors (Lipinski definition) is 1. The Bertz CT molecular complexity index is 361. The maximum Gasteiger partial charge on any atom is 0.0766 e. The van der Waals surface area contributed by atoms with Gasteiger partial charge >= 0.3 is 0 Å². The van der Waals surface area contributed by atoms with Gasteiger partial charge in [-0.25, -0.2) is 0 Å². The number of halogens is 1. The highest BCUT2D eigenvalue weighted by Gasteiger charge is 2.19. The molecule has 0 saturated carbocycles. The molecule has 68 valence electrons. The van der Waals surface area contributed by atoms with Gasteiger partial charge in [0.25, 0.3) is 0 Å². The molecule has 1 nitrogen and oxygen atoms in total. The fourth-order valence-electron chi connectivity index (χ4n) is 1.05. The first-order chi connectivity index (χ1) is 5.97. The Kier molecular flexibility index (Phi) is 2.77. The van der Waals surface area contributed by atoms with Crippen molar-refractivity contribution in [2.75, 3.05) is 0 Å². The summed E-state index contributed by atoms with van der Waals surface area (Å²) >= 11 is 3.46. The third kappa shape index (κ3) is 2.10. The van der Waals surface area contributed by atoms with E-state index in [-0.39, 0.29) is 0 Å². The molecule has 2 heteroatoms. The molecular weight excluding hydrogens is 226 g/mol. The molecule has 0 aromatic heterocycles. The molecule has 0 bridgehead atoms. The summed E-state index contributed by atoms with van der Waals surface area (Å²) in [5.41, 5.74) is 1.83. The topological polar surface area (TPSA) is 23.8 Å². The van der Waals surface area contributed by atoms with Crippen LogP contribution in [0, 0.1) is 18.3 Å². The zero-order valence-electron chi connectivity index (χ0n) is 8.06. The van der Waals surface area contributed by atoms with Gasteiger partial charge in [-0.3, -0.25) is 0 Å². The lowest BCUT2D eigenvalue weighted by molar-refractivity contribution is 0.686. The van der Waals surface area contributed by atoms with Crippen LogP contribution in [0.15, 0.2) is 22.7 Å². The Morgan fingerprint density at radius 3 is 2.46 bits per heavy atom. The van der Waals surface area contributed by atoms with Crippen molar-refractivity contribution in [1.82, 2.24) is 0 Å². The molecule has 0 amide bonds. The fourth-order valence-corrected chi connectivity index (χ4v) is 1.42. The monoisotopic (exact) mass is 237 g/mol. The van der Waals surface area contributed by atoms with E-state index < -0.39 is 5.41 Å². The van der Waals surface area contributed by atoms with E-state index in [2.05, 4.69) is 22.0 Å². The molecule has 0 aliphatic heterocycles. The molecule has 1 rings (SSSR count). The number of nitrogens with zero attached hydrogens (tertiary/aromatic N) is 1. The van der Waals surface area contributed by atoms with Crippen molar-refractivity contribution >= 4 is 15.9 Å². The number of benzene rings is 1. The first-order valence-electron chi connectivity index (χ1n) is 4.15. The van der Waals surface area contributed by atoms with E-state index in [1.54, 1.807) is 0 Å². The average Bonchev–Trinajstić information content (AvgIpc) is 2.09. The van der Waals surface area contributed by atoms with Crippen LogP contribution >= 0.6 is 15.9 Å². The summed E-state index contributed by atoms with van der Waals surface area (Å²) in [6.07, 6.45) is 0. The zero-order valence-corrected chi connectivity index (χ0v) is 9.64. The van der Waals surface area contributed by atoms with E-state index in [0.29, 0.717) is 0 Å². The number of nitriles is 1. The summed E-state index contributed by atoms with van der Waals surface area (Å²) in [6.45, 7) is 5.88. The van der Waals surface area contributed by atoms with Gasteiger partial charge in [0.1, 0.15) is 0 Å². The summed E-state index contributed by atoms with van der Waals surface area (Å²) in [5.74, 6) is 0. The van der Waals surface area contributed by atoms with Gasteiger partial charge in [-0.15, -0.1) is 0 Å². The molecule has 0 saturated heterocycles. The molecule has 0 aliphatic carbocycles. The normalized spacial score (nSPS) is 11.0. The molecule has 0 unspecified atom stereocenters. The van der Waals surface area contributed by atoms with Crippen molar-refractivity contribution in [3.63, 3.8) is 0 Å². The van der Waals surface area contributed by atoms with E-state index >= 15 is 0 Å². The van der Waals surface area contributed by atoms with Crippen LogP contribution in [0.5, 0.6) is 0 Å². The Morgan fingerprint density at radius 1 is 1.38 bits per heavy atom. The molecule has 0 spiro atoms. The van der Waals surface area contributed by atoms with Crippen LogP contribution in [0.1, 0.15) is 25.0 Å². The Morgan fingerprint density at radius 2 is 2.00 bits per heavy atom. The highest BCUT2D eigenvalue weighted by molar-refractivity contribution is 9.10. The van der Waals surface area contributed by atoms with Gasteiger partial charge in [-0.1, -0.05) is 28.1 Å². The fraction of sp³-hybridized carbons (Fsp3) is 0.364. The molecule has 0 aliphatic rings. The average molecular weight is 238 g/mol. The molecular formula is C11H12BrN. The van der Waals surface area contributed by atoms with Crippen LogP contribution in [0.2, 0.25) is 0 Å². The maximum atomic E-state index is 8.94. The largest absolute Gasteiger partial charge is 0.197 e. The summed E-state index contributed by atoms with van der Waals surface area (Å²) in [4.78, 5) is 0. The van der Waals surface area contributed by atoms with Crippen molar-refractivity contribution < 1.29 is 0 Å².